The molecule has 0 radical (unpaired) electrons. The number of fused-ring (bicyclic) bond motifs is 1. The van der Waals surface area contributed by atoms with Gasteiger partial charge in [-0.05, 0) is 56.9 Å². The predicted molar refractivity (Wildman–Crippen MR) is 68.4 cm³/mol. The van der Waals surface area contributed by atoms with Gasteiger partial charge in [-0.25, -0.2) is 0 Å². The maximum atomic E-state index is 3.67. The van der Waals surface area contributed by atoms with Crippen molar-refractivity contribution < 1.29 is 0 Å². The number of piperidine rings is 1. The van der Waals surface area contributed by atoms with Crippen LogP contribution in [0.2, 0.25) is 0 Å². The summed E-state index contributed by atoms with van der Waals surface area (Å²) >= 11 is 0. The fourth-order valence-corrected chi connectivity index (χ4v) is 4.07. The Kier molecular flexibility index (Phi) is 3.32. The van der Waals surface area contributed by atoms with E-state index in [1.165, 1.54) is 64.3 Å². The summed E-state index contributed by atoms with van der Waals surface area (Å²) < 4.78 is 0. The Morgan fingerprint density at radius 2 is 1.81 bits per heavy atom. The van der Waals surface area contributed by atoms with E-state index in [4.69, 9.17) is 0 Å². The zero-order chi connectivity index (χ0) is 10.8. The van der Waals surface area contributed by atoms with Gasteiger partial charge in [0.25, 0.3) is 0 Å². The van der Waals surface area contributed by atoms with Crippen molar-refractivity contribution in [1.29, 1.82) is 0 Å². The standard InChI is InChI=1S/C15H25N/c1-2-7-15-12(5-1)8-9-13(15)11-14-6-3-4-10-16-14/h11-12,14-16H,1-10H2/b13-11-. The molecule has 3 rings (SSSR count). The van der Waals surface area contributed by atoms with Gasteiger partial charge in [-0.2, -0.15) is 0 Å². The molecule has 3 unspecified atom stereocenters. The Bertz CT molecular complexity index is 263. The van der Waals surface area contributed by atoms with Gasteiger partial charge in [0.05, 0.1) is 0 Å². The molecule has 0 spiro atoms. The first kappa shape index (κ1) is 10.8. The van der Waals surface area contributed by atoms with Gasteiger partial charge in [0.15, 0.2) is 0 Å². The fraction of sp³-hybridized carbons (Fsp3) is 0.867. The third kappa shape index (κ3) is 2.20. The Hall–Kier alpha value is -0.300. The van der Waals surface area contributed by atoms with Crippen LogP contribution >= 0.6 is 0 Å². The lowest BCUT2D eigenvalue weighted by molar-refractivity contribution is 0.301. The van der Waals surface area contributed by atoms with E-state index in [0.29, 0.717) is 6.04 Å². The number of rotatable bonds is 1. The maximum Gasteiger partial charge on any atom is 0.0252 e. The molecular formula is C15H25N. The molecule has 90 valence electrons. The minimum absolute atomic E-state index is 0.712. The fourth-order valence-electron chi connectivity index (χ4n) is 4.07. The van der Waals surface area contributed by atoms with Crippen molar-refractivity contribution in [3.05, 3.63) is 11.6 Å². The molecule has 0 aromatic heterocycles. The van der Waals surface area contributed by atoms with Crippen molar-refractivity contribution in [2.45, 2.75) is 63.8 Å². The molecule has 3 atom stereocenters. The van der Waals surface area contributed by atoms with Crippen LogP contribution in [-0.2, 0) is 0 Å². The van der Waals surface area contributed by atoms with Crippen molar-refractivity contribution in [3.8, 4) is 0 Å². The second-order valence-corrected chi connectivity index (χ2v) is 5.99. The van der Waals surface area contributed by atoms with Crippen LogP contribution in [0, 0.1) is 11.8 Å². The van der Waals surface area contributed by atoms with Crippen molar-refractivity contribution in [3.63, 3.8) is 0 Å². The molecule has 16 heavy (non-hydrogen) atoms. The lowest BCUT2D eigenvalue weighted by Gasteiger charge is -2.27. The third-order valence-electron chi connectivity index (χ3n) is 4.95. The monoisotopic (exact) mass is 219 g/mol. The molecule has 1 aliphatic heterocycles. The molecule has 0 aromatic rings. The van der Waals surface area contributed by atoms with Crippen molar-refractivity contribution in [2.75, 3.05) is 6.54 Å². The molecule has 1 heteroatoms. The summed E-state index contributed by atoms with van der Waals surface area (Å²) in [5.74, 6) is 2.04. The summed E-state index contributed by atoms with van der Waals surface area (Å²) in [7, 11) is 0. The zero-order valence-corrected chi connectivity index (χ0v) is 10.4. The smallest absolute Gasteiger partial charge is 0.0252 e. The highest BCUT2D eigenvalue weighted by atomic mass is 14.9. The van der Waals surface area contributed by atoms with E-state index in [9.17, 15) is 0 Å². The largest absolute Gasteiger partial charge is 0.311 e. The normalized spacial score (nSPS) is 42.2. The van der Waals surface area contributed by atoms with Gasteiger partial charge in [-0.3, -0.25) is 0 Å². The van der Waals surface area contributed by atoms with Gasteiger partial charge < -0.3 is 5.32 Å². The van der Waals surface area contributed by atoms with Gasteiger partial charge in [0.2, 0.25) is 0 Å². The zero-order valence-electron chi connectivity index (χ0n) is 10.4. The highest BCUT2D eigenvalue weighted by Crippen LogP contribution is 2.45. The number of nitrogens with one attached hydrogen (secondary N) is 1. The quantitative estimate of drug-likeness (QED) is 0.664. The molecule has 3 fully saturated rings. The van der Waals surface area contributed by atoms with E-state index in [-0.39, 0.29) is 0 Å². The van der Waals surface area contributed by atoms with Crippen LogP contribution < -0.4 is 5.32 Å². The first-order valence-corrected chi connectivity index (χ1v) is 7.37. The molecular weight excluding hydrogens is 194 g/mol. The van der Waals surface area contributed by atoms with E-state index in [1.807, 2.05) is 5.57 Å². The topological polar surface area (TPSA) is 12.0 Å². The Balaban J connectivity index is 1.66. The average Bonchev–Trinajstić information content (AvgIpc) is 2.74. The highest BCUT2D eigenvalue weighted by Gasteiger charge is 2.33. The molecule has 1 heterocycles. The second-order valence-electron chi connectivity index (χ2n) is 5.99. The molecule has 0 amide bonds. The summed E-state index contributed by atoms with van der Waals surface area (Å²) in [6, 6.07) is 0.712. The Labute approximate surface area is 99.7 Å². The van der Waals surface area contributed by atoms with Gasteiger partial charge in [0, 0.05) is 6.04 Å². The summed E-state index contributed by atoms with van der Waals surface area (Å²) in [6.07, 6.45) is 15.7. The highest BCUT2D eigenvalue weighted by molar-refractivity contribution is 5.17. The molecule has 1 N–H and O–H groups in total. The van der Waals surface area contributed by atoms with Crippen LogP contribution in [0.4, 0.5) is 0 Å². The summed E-state index contributed by atoms with van der Waals surface area (Å²) in [5.41, 5.74) is 1.82. The first-order valence-electron chi connectivity index (χ1n) is 7.37. The van der Waals surface area contributed by atoms with Crippen molar-refractivity contribution >= 4 is 0 Å². The van der Waals surface area contributed by atoms with E-state index in [1.54, 1.807) is 0 Å². The SMILES string of the molecule is C(=C1\CCC2CCCCC12)/C1CCCCN1. The van der Waals surface area contributed by atoms with Crippen LogP contribution in [0.5, 0.6) is 0 Å². The van der Waals surface area contributed by atoms with Gasteiger partial charge in [-0.1, -0.05) is 30.9 Å². The number of allylic oxidation sites excluding steroid dienone is 1. The van der Waals surface area contributed by atoms with Crippen LogP contribution in [-0.4, -0.2) is 12.6 Å². The average molecular weight is 219 g/mol. The van der Waals surface area contributed by atoms with Crippen molar-refractivity contribution in [2.24, 2.45) is 11.8 Å². The third-order valence-corrected chi connectivity index (χ3v) is 4.95. The summed E-state index contributed by atoms with van der Waals surface area (Å²) in [6.45, 7) is 1.24. The van der Waals surface area contributed by atoms with E-state index in [2.05, 4.69) is 11.4 Å². The first-order chi connectivity index (χ1) is 7.93. The molecule has 2 saturated carbocycles. The van der Waals surface area contributed by atoms with E-state index in [0.717, 1.165) is 11.8 Å². The molecule has 3 aliphatic rings. The molecule has 0 bridgehead atoms. The second kappa shape index (κ2) is 4.91. The Morgan fingerprint density at radius 1 is 0.938 bits per heavy atom. The van der Waals surface area contributed by atoms with Gasteiger partial charge in [-0.15, -0.1) is 0 Å². The van der Waals surface area contributed by atoms with E-state index < -0.39 is 0 Å². The minimum atomic E-state index is 0.712. The molecule has 1 saturated heterocycles. The van der Waals surface area contributed by atoms with Gasteiger partial charge in [0.1, 0.15) is 0 Å². The van der Waals surface area contributed by atoms with Crippen LogP contribution in [0.25, 0.3) is 0 Å². The minimum Gasteiger partial charge on any atom is -0.311 e. The molecule has 0 aromatic carbocycles. The van der Waals surface area contributed by atoms with Crippen molar-refractivity contribution in [1.82, 2.24) is 5.32 Å². The van der Waals surface area contributed by atoms with Crippen LogP contribution in [0.1, 0.15) is 57.8 Å². The molecule has 1 nitrogen and oxygen atoms in total. The number of hydrogen-bond donors (Lipinski definition) is 1. The predicted octanol–water partition coefficient (Wildman–Crippen LogP) is 3.66. The summed E-state index contributed by atoms with van der Waals surface area (Å²) in [4.78, 5) is 0. The molecule has 2 aliphatic carbocycles. The number of hydrogen-bond acceptors (Lipinski definition) is 1. The van der Waals surface area contributed by atoms with Crippen LogP contribution in [0.15, 0.2) is 11.6 Å². The lowest BCUT2D eigenvalue weighted by Crippen LogP contribution is -2.32. The summed E-state index contributed by atoms with van der Waals surface area (Å²) in [5, 5.41) is 3.67. The Morgan fingerprint density at radius 3 is 2.69 bits per heavy atom. The van der Waals surface area contributed by atoms with Gasteiger partial charge >= 0.3 is 0 Å². The maximum absolute atomic E-state index is 3.67. The lowest BCUT2D eigenvalue weighted by atomic mass is 9.80. The van der Waals surface area contributed by atoms with E-state index >= 15 is 0 Å². The van der Waals surface area contributed by atoms with Crippen LogP contribution in [0.3, 0.4) is 0 Å².